The molecule has 0 atom stereocenters. The van der Waals surface area contributed by atoms with Crippen LogP contribution in [0.2, 0.25) is 10.0 Å². The van der Waals surface area contributed by atoms with Crippen LogP contribution in [0.1, 0.15) is 20.7 Å². The summed E-state index contributed by atoms with van der Waals surface area (Å²) in [5, 5.41) is 0.625. The van der Waals surface area contributed by atoms with Crippen molar-refractivity contribution in [2.75, 3.05) is 19.0 Å². The number of halogens is 2. The first-order valence-corrected chi connectivity index (χ1v) is 7.47. The Balaban J connectivity index is 2.05. The van der Waals surface area contributed by atoms with Crippen molar-refractivity contribution in [3.8, 4) is 0 Å². The summed E-state index contributed by atoms with van der Waals surface area (Å²) in [7, 11) is 3.75. The highest BCUT2D eigenvalue weighted by Crippen LogP contribution is 2.20. The van der Waals surface area contributed by atoms with Crippen LogP contribution in [0.3, 0.4) is 0 Å². The molecule has 0 saturated heterocycles. The number of amides is 2. The van der Waals surface area contributed by atoms with E-state index in [1.807, 2.05) is 25.1 Å². The van der Waals surface area contributed by atoms with E-state index in [9.17, 15) is 9.59 Å². The average Bonchev–Trinajstić information content (AvgIpc) is 2.54. The van der Waals surface area contributed by atoms with Gasteiger partial charge in [-0.15, -0.1) is 0 Å². The molecule has 2 aromatic carbocycles. The van der Waals surface area contributed by atoms with Crippen molar-refractivity contribution in [3.05, 3.63) is 63.6 Å². The second-order valence-corrected chi connectivity index (χ2v) is 5.82. The third-order valence-electron chi connectivity index (χ3n) is 3.09. The number of nitrogens with zero attached hydrogens (tertiary/aromatic N) is 1. The van der Waals surface area contributed by atoms with E-state index < -0.39 is 11.8 Å². The summed E-state index contributed by atoms with van der Waals surface area (Å²) < 4.78 is 0. The predicted octanol–water partition coefficient (Wildman–Crippen LogP) is 3.13. The lowest BCUT2D eigenvalue weighted by Gasteiger charge is -2.14. The monoisotopic (exact) mass is 351 g/mol. The van der Waals surface area contributed by atoms with Gasteiger partial charge in [0.1, 0.15) is 0 Å². The molecule has 23 heavy (non-hydrogen) atoms. The molecule has 0 heterocycles. The van der Waals surface area contributed by atoms with Crippen LogP contribution in [-0.4, -0.2) is 25.9 Å². The number of nitrogens with one attached hydrogen (secondary N) is 2. The number of hydrogen-bond acceptors (Lipinski definition) is 3. The van der Waals surface area contributed by atoms with E-state index in [0.717, 1.165) is 5.69 Å². The molecule has 0 fully saturated rings. The van der Waals surface area contributed by atoms with Gasteiger partial charge in [-0.1, -0.05) is 29.3 Å². The maximum atomic E-state index is 12.1. The second kappa shape index (κ2) is 7.35. The lowest BCUT2D eigenvalue weighted by atomic mass is 10.2. The Kier molecular flexibility index (Phi) is 5.47. The molecule has 2 N–H and O–H groups in total. The van der Waals surface area contributed by atoms with Gasteiger partial charge in [0.25, 0.3) is 11.8 Å². The molecular formula is C16H15Cl2N3O2. The Morgan fingerprint density at radius 3 is 2.35 bits per heavy atom. The van der Waals surface area contributed by atoms with Crippen molar-refractivity contribution in [2.45, 2.75) is 0 Å². The summed E-state index contributed by atoms with van der Waals surface area (Å²) in [6, 6.07) is 11.5. The van der Waals surface area contributed by atoms with E-state index in [0.29, 0.717) is 10.6 Å². The molecule has 0 spiro atoms. The van der Waals surface area contributed by atoms with Crippen LogP contribution in [0.5, 0.6) is 0 Å². The van der Waals surface area contributed by atoms with E-state index >= 15 is 0 Å². The van der Waals surface area contributed by atoms with Gasteiger partial charge >= 0.3 is 0 Å². The van der Waals surface area contributed by atoms with Crippen molar-refractivity contribution in [1.29, 1.82) is 0 Å². The largest absolute Gasteiger partial charge is 0.378 e. The third-order valence-corrected chi connectivity index (χ3v) is 3.65. The molecule has 2 aromatic rings. The molecule has 0 saturated carbocycles. The van der Waals surface area contributed by atoms with E-state index in [1.165, 1.54) is 12.1 Å². The normalized spacial score (nSPS) is 10.1. The molecule has 0 unspecified atom stereocenters. The average molecular weight is 352 g/mol. The van der Waals surface area contributed by atoms with Crippen molar-refractivity contribution < 1.29 is 9.59 Å². The molecule has 0 radical (unpaired) electrons. The van der Waals surface area contributed by atoms with Crippen molar-refractivity contribution >= 4 is 40.7 Å². The molecule has 0 aliphatic carbocycles. The number of rotatable bonds is 3. The number of carbonyl (C=O) groups is 2. The van der Waals surface area contributed by atoms with Gasteiger partial charge in [0.2, 0.25) is 0 Å². The minimum atomic E-state index is -0.547. The first kappa shape index (κ1) is 17.1. The summed E-state index contributed by atoms with van der Waals surface area (Å²) in [6.45, 7) is 0. The number of hydrazine groups is 1. The second-order valence-electron chi connectivity index (χ2n) is 4.98. The lowest BCUT2D eigenvalue weighted by molar-refractivity contribution is 0.0847. The van der Waals surface area contributed by atoms with E-state index in [4.69, 9.17) is 23.2 Å². The van der Waals surface area contributed by atoms with Gasteiger partial charge in [-0.25, -0.2) is 0 Å². The van der Waals surface area contributed by atoms with Crippen molar-refractivity contribution in [2.24, 2.45) is 0 Å². The number of carbonyl (C=O) groups excluding carboxylic acids is 2. The highest BCUT2D eigenvalue weighted by Gasteiger charge is 2.13. The summed E-state index contributed by atoms with van der Waals surface area (Å²) in [4.78, 5) is 26.0. The zero-order valence-electron chi connectivity index (χ0n) is 12.6. The van der Waals surface area contributed by atoms with Gasteiger partial charge in [-0.05, 0) is 36.4 Å². The molecule has 0 aromatic heterocycles. The molecule has 0 aliphatic rings. The molecule has 120 valence electrons. The minimum absolute atomic E-state index is 0.182. The van der Waals surface area contributed by atoms with Crippen LogP contribution in [0, 0.1) is 0 Å². The Hall–Kier alpha value is -2.24. The van der Waals surface area contributed by atoms with Crippen LogP contribution < -0.4 is 15.8 Å². The fraction of sp³-hybridized carbons (Fsp3) is 0.125. The lowest BCUT2D eigenvalue weighted by Crippen LogP contribution is -2.41. The predicted molar refractivity (Wildman–Crippen MR) is 92.2 cm³/mol. The topological polar surface area (TPSA) is 61.4 Å². The minimum Gasteiger partial charge on any atom is -0.378 e. The SMILES string of the molecule is CN(C)c1cccc(C(=O)NNC(=O)c2cc(Cl)ccc2Cl)c1. The summed E-state index contributed by atoms with van der Waals surface area (Å²) >= 11 is 11.8. The van der Waals surface area contributed by atoms with E-state index in [-0.39, 0.29) is 10.6 Å². The Bertz CT molecular complexity index is 748. The van der Waals surface area contributed by atoms with Crippen LogP contribution >= 0.6 is 23.2 Å². The molecule has 0 bridgehead atoms. The van der Waals surface area contributed by atoms with Gasteiger partial charge in [-0.3, -0.25) is 20.4 Å². The summed E-state index contributed by atoms with van der Waals surface area (Å²) in [5.41, 5.74) is 6.15. The van der Waals surface area contributed by atoms with Crippen LogP contribution in [-0.2, 0) is 0 Å². The van der Waals surface area contributed by atoms with Gasteiger partial charge in [-0.2, -0.15) is 0 Å². The number of anilines is 1. The standard InChI is InChI=1S/C16H15Cl2N3O2/c1-21(2)12-5-3-4-10(8-12)15(22)19-20-16(23)13-9-11(17)6-7-14(13)18/h3-9H,1-2H3,(H,19,22)(H,20,23). The molecule has 7 heteroatoms. The molecule has 2 rings (SSSR count). The fourth-order valence-electron chi connectivity index (χ4n) is 1.85. The zero-order valence-corrected chi connectivity index (χ0v) is 14.1. The smallest absolute Gasteiger partial charge is 0.271 e. The maximum absolute atomic E-state index is 12.1. The summed E-state index contributed by atoms with van der Waals surface area (Å²) in [6.07, 6.45) is 0. The van der Waals surface area contributed by atoms with Gasteiger partial charge < -0.3 is 4.90 Å². The van der Waals surface area contributed by atoms with Crippen molar-refractivity contribution in [3.63, 3.8) is 0 Å². The maximum Gasteiger partial charge on any atom is 0.271 e. The quantitative estimate of drug-likeness (QED) is 0.835. The number of hydrogen-bond donors (Lipinski definition) is 2. The number of benzene rings is 2. The van der Waals surface area contributed by atoms with Crippen LogP contribution in [0.4, 0.5) is 5.69 Å². The Morgan fingerprint density at radius 1 is 0.957 bits per heavy atom. The highest BCUT2D eigenvalue weighted by molar-refractivity contribution is 6.35. The van der Waals surface area contributed by atoms with Crippen LogP contribution in [0.25, 0.3) is 0 Å². The van der Waals surface area contributed by atoms with Crippen molar-refractivity contribution in [1.82, 2.24) is 10.9 Å². The van der Waals surface area contributed by atoms with E-state index in [1.54, 1.807) is 24.3 Å². The molecule has 0 aliphatic heterocycles. The highest BCUT2D eigenvalue weighted by atomic mass is 35.5. The Labute approximate surface area is 144 Å². The molecular weight excluding hydrogens is 337 g/mol. The third kappa shape index (κ3) is 4.37. The van der Waals surface area contributed by atoms with Gasteiger partial charge in [0.15, 0.2) is 0 Å². The molecule has 2 amide bonds. The first-order chi connectivity index (χ1) is 10.9. The van der Waals surface area contributed by atoms with Crippen LogP contribution in [0.15, 0.2) is 42.5 Å². The Morgan fingerprint density at radius 2 is 1.65 bits per heavy atom. The molecule has 5 nitrogen and oxygen atoms in total. The van der Waals surface area contributed by atoms with E-state index in [2.05, 4.69) is 10.9 Å². The van der Waals surface area contributed by atoms with Gasteiger partial charge in [0, 0.05) is 30.4 Å². The fourth-order valence-corrected chi connectivity index (χ4v) is 2.23. The summed E-state index contributed by atoms with van der Waals surface area (Å²) in [5.74, 6) is -0.977. The zero-order chi connectivity index (χ0) is 17.0. The first-order valence-electron chi connectivity index (χ1n) is 6.71. The van der Waals surface area contributed by atoms with Gasteiger partial charge in [0.05, 0.1) is 10.6 Å².